The van der Waals surface area contributed by atoms with Crippen molar-refractivity contribution in [1.29, 1.82) is 0 Å². The monoisotopic (exact) mass is 463 g/mol. The van der Waals surface area contributed by atoms with Crippen LogP contribution in [0.5, 0.6) is 0 Å². The van der Waals surface area contributed by atoms with Crippen LogP contribution in [0.2, 0.25) is 0 Å². The van der Waals surface area contributed by atoms with Gasteiger partial charge in [-0.3, -0.25) is 0 Å². The molecule has 0 aliphatic carbocycles. The van der Waals surface area contributed by atoms with Gasteiger partial charge in [0.1, 0.15) is 11.6 Å². The van der Waals surface area contributed by atoms with Gasteiger partial charge in [-0.2, -0.15) is 9.61 Å². The van der Waals surface area contributed by atoms with Crippen molar-refractivity contribution >= 4 is 45.2 Å². The van der Waals surface area contributed by atoms with Crippen molar-refractivity contribution in [1.82, 2.24) is 14.6 Å². The molecule has 2 aromatic heterocycles. The van der Waals surface area contributed by atoms with Crippen molar-refractivity contribution in [3.8, 4) is 11.3 Å². The van der Waals surface area contributed by atoms with Crippen LogP contribution in [0.4, 0.5) is 10.2 Å². The van der Waals surface area contributed by atoms with E-state index in [1.807, 2.05) is 0 Å². The fraction of sp³-hybridized carbons (Fsp3) is 0.105. The van der Waals surface area contributed by atoms with E-state index in [4.69, 9.17) is 16.8 Å². The maximum atomic E-state index is 14.3. The molecule has 3 rings (SSSR count). The Labute approximate surface area is 174 Å². The zero-order chi connectivity index (χ0) is 20.1. The van der Waals surface area contributed by atoms with E-state index in [9.17, 15) is 4.39 Å². The summed E-state index contributed by atoms with van der Waals surface area (Å²) in [5.74, 6) is 0.231. The Kier molecular flexibility index (Phi) is 6.43. The van der Waals surface area contributed by atoms with E-state index in [0.29, 0.717) is 44.3 Å². The smallest absolute Gasteiger partial charge is 0.172 e. The Hall–Kier alpha value is -2.71. The van der Waals surface area contributed by atoms with Gasteiger partial charge in [0.05, 0.1) is 22.6 Å². The third kappa shape index (κ3) is 4.58. The van der Waals surface area contributed by atoms with Crippen LogP contribution in [0.1, 0.15) is 6.92 Å². The average Bonchev–Trinajstić information content (AvgIpc) is 3.05. The van der Waals surface area contributed by atoms with E-state index in [-0.39, 0.29) is 5.82 Å². The lowest BCUT2D eigenvalue weighted by molar-refractivity contribution is 0.321. The first kappa shape index (κ1) is 20.0. The normalized spacial score (nSPS) is 12.9. The van der Waals surface area contributed by atoms with Gasteiger partial charge in [-0.25, -0.2) is 9.37 Å². The van der Waals surface area contributed by atoms with Crippen LogP contribution < -0.4 is 5.32 Å². The Morgan fingerprint density at radius 2 is 2.18 bits per heavy atom. The third-order valence-corrected chi connectivity index (χ3v) is 4.49. The molecule has 0 radical (unpaired) electrons. The van der Waals surface area contributed by atoms with E-state index in [1.54, 1.807) is 54.1 Å². The fourth-order valence-corrected chi connectivity index (χ4v) is 2.92. The van der Waals surface area contributed by atoms with E-state index >= 15 is 0 Å². The van der Waals surface area contributed by atoms with Crippen LogP contribution >= 0.6 is 27.5 Å². The molecule has 28 heavy (non-hydrogen) atoms. The van der Waals surface area contributed by atoms with Crippen molar-refractivity contribution in [2.24, 2.45) is 5.16 Å². The highest BCUT2D eigenvalue weighted by Crippen LogP contribution is 2.27. The van der Waals surface area contributed by atoms with Gasteiger partial charge in [-0.1, -0.05) is 35.0 Å². The summed E-state index contributed by atoms with van der Waals surface area (Å²) in [7, 11) is 0. The first-order chi connectivity index (χ1) is 13.5. The zero-order valence-electron chi connectivity index (χ0n) is 14.8. The second kappa shape index (κ2) is 8.99. The van der Waals surface area contributed by atoms with Crippen molar-refractivity contribution in [2.45, 2.75) is 6.92 Å². The lowest BCUT2D eigenvalue weighted by atomic mass is 10.1. The number of rotatable bonds is 6. The van der Waals surface area contributed by atoms with Crippen molar-refractivity contribution in [3.63, 3.8) is 0 Å². The summed E-state index contributed by atoms with van der Waals surface area (Å²) in [6, 6.07) is 8.14. The van der Waals surface area contributed by atoms with Crippen molar-refractivity contribution < 1.29 is 9.60 Å². The number of benzene rings is 1. The van der Waals surface area contributed by atoms with Crippen LogP contribution in [0.3, 0.4) is 0 Å². The van der Waals surface area contributed by atoms with Gasteiger partial charge in [0.15, 0.2) is 5.65 Å². The standard InChI is InChI=1S/C19H16BrClFN5O/c1-12(21)6-7-13(10-25-28)9-23-18-8-17(14-4-2-3-5-16(14)22)26-19-15(20)11-24-27(18)19/h2-8,10-11,23,28H,9H2,1H3/b12-6+,13-7-,25-10+. The molecule has 9 heteroatoms. The number of oxime groups is 1. The van der Waals surface area contributed by atoms with Gasteiger partial charge in [0.2, 0.25) is 0 Å². The maximum absolute atomic E-state index is 14.3. The Bertz CT molecular complexity index is 1090. The highest BCUT2D eigenvalue weighted by atomic mass is 79.9. The summed E-state index contributed by atoms with van der Waals surface area (Å²) in [6.07, 6.45) is 6.34. The Morgan fingerprint density at radius 3 is 2.89 bits per heavy atom. The SMILES string of the molecule is C\C(Cl)=C/C=C(\C=N\O)CNc1cc(-c2ccccc2F)nc2c(Br)cnn12. The number of aromatic nitrogens is 3. The number of anilines is 1. The largest absolute Gasteiger partial charge is 0.411 e. The molecule has 0 saturated carbocycles. The number of fused-ring (bicyclic) bond motifs is 1. The molecule has 0 unspecified atom stereocenters. The number of allylic oxidation sites excluding steroid dienone is 3. The molecule has 0 saturated heterocycles. The van der Waals surface area contributed by atoms with Crippen molar-refractivity contribution in [2.75, 3.05) is 11.9 Å². The van der Waals surface area contributed by atoms with Crippen molar-refractivity contribution in [3.05, 3.63) is 69.6 Å². The molecule has 2 heterocycles. The molecule has 1 aromatic carbocycles. The summed E-state index contributed by atoms with van der Waals surface area (Å²) in [5.41, 5.74) is 2.06. The maximum Gasteiger partial charge on any atom is 0.172 e. The number of nitrogens with zero attached hydrogens (tertiary/aromatic N) is 4. The minimum Gasteiger partial charge on any atom is -0.411 e. The summed E-state index contributed by atoms with van der Waals surface area (Å²) < 4.78 is 16.5. The third-order valence-electron chi connectivity index (χ3n) is 3.80. The van der Waals surface area contributed by atoms with Gasteiger partial charge in [0, 0.05) is 23.2 Å². The van der Waals surface area contributed by atoms with Gasteiger partial charge >= 0.3 is 0 Å². The van der Waals surface area contributed by atoms with Gasteiger partial charge < -0.3 is 10.5 Å². The summed E-state index contributed by atoms with van der Waals surface area (Å²) in [6.45, 7) is 2.06. The quantitative estimate of drug-likeness (QED) is 0.226. The highest BCUT2D eigenvalue weighted by Gasteiger charge is 2.13. The highest BCUT2D eigenvalue weighted by molar-refractivity contribution is 9.10. The molecule has 0 bridgehead atoms. The van der Waals surface area contributed by atoms with E-state index in [1.165, 1.54) is 12.3 Å². The molecular weight excluding hydrogens is 449 g/mol. The molecule has 0 aliphatic rings. The molecule has 3 aromatic rings. The molecule has 6 nitrogen and oxygen atoms in total. The molecule has 0 aliphatic heterocycles. The summed E-state index contributed by atoms with van der Waals surface area (Å²) in [5, 5.41) is 20.0. The minimum absolute atomic E-state index is 0.317. The second-order valence-corrected chi connectivity index (χ2v) is 7.28. The molecular formula is C19H16BrClFN5O. The lowest BCUT2D eigenvalue weighted by Gasteiger charge is -2.11. The van der Waals surface area contributed by atoms with Crippen LogP contribution in [0.15, 0.2) is 68.9 Å². The number of nitrogens with one attached hydrogen (secondary N) is 1. The van der Waals surface area contributed by atoms with Crippen LogP contribution in [-0.4, -0.2) is 32.6 Å². The summed E-state index contributed by atoms with van der Waals surface area (Å²) >= 11 is 9.27. The van der Waals surface area contributed by atoms with E-state index in [2.05, 4.69) is 36.5 Å². The predicted octanol–water partition coefficient (Wildman–Crippen LogP) is 5.24. The van der Waals surface area contributed by atoms with Gasteiger partial charge in [0.25, 0.3) is 0 Å². The molecule has 144 valence electrons. The minimum atomic E-state index is -0.364. The molecule has 0 atom stereocenters. The first-order valence-corrected chi connectivity index (χ1v) is 9.40. The van der Waals surface area contributed by atoms with Gasteiger partial charge in [-0.05, 0) is 46.6 Å². The Balaban J connectivity index is 2.02. The first-order valence-electron chi connectivity index (χ1n) is 8.23. The number of halogens is 3. The fourth-order valence-electron chi connectivity index (χ4n) is 2.51. The summed E-state index contributed by atoms with van der Waals surface area (Å²) in [4.78, 5) is 4.52. The molecule has 2 N–H and O–H groups in total. The molecule has 0 amide bonds. The van der Waals surface area contributed by atoms with E-state index in [0.717, 1.165) is 0 Å². The second-order valence-electron chi connectivity index (χ2n) is 5.83. The molecule has 0 spiro atoms. The van der Waals surface area contributed by atoms with Crippen LogP contribution in [-0.2, 0) is 0 Å². The zero-order valence-corrected chi connectivity index (χ0v) is 17.1. The van der Waals surface area contributed by atoms with Crippen LogP contribution in [0.25, 0.3) is 16.9 Å². The van der Waals surface area contributed by atoms with E-state index < -0.39 is 0 Å². The number of hydrogen-bond donors (Lipinski definition) is 2. The number of hydrogen-bond acceptors (Lipinski definition) is 5. The predicted molar refractivity (Wildman–Crippen MR) is 113 cm³/mol. The average molecular weight is 465 g/mol. The molecule has 0 fully saturated rings. The Morgan fingerprint density at radius 1 is 1.39 bits per heavy atom. The van der Waals surface area contributed by atoms with Gasteiger partial charge in [-0.15, -0.1) is 0 Å². The van der Waals surface area contributed by atoms with Crippen LogP contribution in [0, 0.1) is 5.82 Å². The topological polar surface area (TPSA) is 74.8 Å². The lowest BCUT2D eigenvalue weighted by Crippen LogP contribution is -2.11.